The van der Waals surface area contributed by atoms with E-state index < -0.39 is 0 Å². The van der Waals surface area contributed by atoms with Crippen molar-refractivity contribution in [1.29, 1.82) is 0 Å². The van der Waals surface area contributed by atoms with E-state index in [0.29, 0.717) is 17.5 Å². The van der Waals surface area contributed by atoms with Crippen molar-refractivity contribution in [3.05, 3.63) is 188 Å². The predicted molar refractivity (Wildman–Crippen MR) is 227 cm³/mol. The zero-order valence-electron chi connectivity index (χ0n) is 30.1. The van der Waals surface area contributed by atoms with Crippen LogP contribution in [0.2, 0.25) is 0 Å². The number of nitrogens with zero attached hydrogens (tertiary/aromatic N) is 3. The maximum Gasteiger partial charge on any atom is 0.167 e. The lowest BCUT2D eigenvalue weighted by molar-refractivity contribution is 0.669. The van der Waals surface area contributed by atoms with Crippen LogP contribution in [0.4, 0.5) is 0 Å². The van der Waals surface area contributed by atoms with Gasteiger partial charge in [-0.1, -0.05) is 152 Å². The first-order valence-corrected chi connectivity index (χ1v) is 18.7. The lowest BCUT2D eigenvalue weighted by Crippen LogP contribution is -2.02. The molecule has 0 unspecified atom stereocenters. The van der Waals surface area contributed by atoms with E-state index in [-0.39, 0.29) is 0 Å². The molecular formula is C51H31N3O2. The minimum absolute atomic E-state index is 0.511. The highest BCUT2D eigenvalue weighted by Crippen LogP contribution is 2.42. The van der Waals surface area contributed by atoms with Gasteiger partial charge in [0.2, 0.25) is 0 Å². The fourth-order valence-corrected chi connectivity index (χ4v) is 7.94. The monoisotopic (exact) mass is 717 g/mol. The number of furan rings is 2. The van der Waals surface area contributed by atoms with Crippen LogP contribution in [0.3, 0.4) is 0 Å². The maximum atomic E-state index is 6.54. The van der Waals surface area contributed by atoms with Crippen molar-refractivity contribution in [2.75, 3.05) is 0 Å². The van der Waals surface area contributed by atoms with Crippen molar-refractivity contribution in [2.45, 2.75) is 0 Å². The van der Waals surface area contributed by atoms with Gasteiger partial charge in [0.15, 0.2) is 17.5 Å². The molecule has 0 saturated heterocycles. The molecule has 11 rings (SSSR count). The number of aromatic nitrogens is 3. The number of benzene rings is 8. The number of para-hydroxylation sites is 4. The van der Waals surface area contributed by atoms with Crippen LogP contribution in [0.15, 0.2) is 197 Å². The van der Waals surface area contributed by atoms with Crippen LogP contribution in [0, 0.1) is 0 Å². The summed E-state index contributed by atoms with van der Waals surface area (Å²) in [5.41, 5.74) is 12.1. The van der Waals surface area contributed by atoms with Gasteiger partial charge in [0, 0.05) is 27.1 Å². The Morgan fingerprint density at radius 1 is 0.268 bits per heavy atom. The Labute approximate surface area is 322 Å². The molecule has 262 valence electrons. The van der Waals surface area contributed by atoms with E-state index in [1.54, 1.807) is 0 Å². The predicted octanol–water partition coefficient (Wildman–Crippen LogP) is 13.7. The molecule has 0 radical (unpaired) electrons. The van der Waals surface area contributed by atoms with Crippen LogP contribution >= 0.6 is 0 Å². The van der Waals surface area contributed by atoms with Gasteiger partial charge in [-0.25, -0.2) is 15.0 Å². The summed E-state index contributed by atoms with van der Waals surface area (Å²) in [4.78, 5) is 15.9. The third-order valence-corrected chi connectivity index (χ3v) is 10.6. The Balaban J connectivity index is 1.21. The van der Waals surface area contributed by atoms with E-state index in [2.05, 4.69) is 115 Å². The molecule has 0 aliphatic carbocycles. The lowest BCUT2D eigenvalue weighted by Gasteiger charge is -2.17. The molecule has 0 saturated carbocycles. The van der Waals surface area contributed by atoms with Gasteiger partial charge in [-0.2, -0.15) is 0 Å². The molecule has 0 aliphatic heterocycles. The van der Waals surface area contributed by atoms with E-state index in [1.165, 1.54) is 0 Å². The quantitative estimate of drug-likeness (QED) is 0.171. The summed E-state index contributed by atoms with van der Waals surface area (Å²) in [6.45, 7) is 0. The van der Waals surface area contributed by atoms with Crippen molar-refractivity contribution in [2.24, 2.45) is 0 Å². The molecule has 0 fully saturated rings. The second-order valence-corrected chi connectivity index (χ2v) is 13.9. The topological polar surface area (TPSA) is 65.0 Å². The van der Waals surface area contributed by atoms with Gasteiger partial charge in [-0.15, -0.1) is 0 Å². The first kappa shape index (κ1) is 31.9. The van der Waals surface area contributed by atoms with Crippen LogP contribution in [0.1, 0.15) is 0 Å². The first-order valence-electron chi connectivity index (χ1n) is 18.7. The van der Waals surface area contributed by atoms with Crippen LogP contribution in [0.5, 0.6) is 0 Å². The van der Waals surface area contributed by atoms with Gasteiger partial charge < -0.3 is 8.83 Å². The van der Waals surface area contributed by atoms with Crippen LogP contribution in [-0.4, -0.2) is 15.0 Å². The second kappa shape index (κ2) is 13.0. The molecule has 8 aromatic carbocycles. The van der Waals surface area contributed by atoms with Gasteiger partial charge in [0.05, 0.1) is 11.1 Å². The Morgan fingerprint density at radius 2 is 0.714 bits per heavy atom. The van der Waals surface area contributed by atoms with Gasteiger partial charge in [0.1, 0.15) is 22.3 Å². The van der Waals surface area contributed by atoms with Crippen LogP contribution in [0.25, 0.3) is 111 Å². The highest BCUT2D eigenvalue weighted by atomic mass is 16.3. The Bertz CT molecular complexity index is 3120. The number of rotatable bonds is 6. The van der Waals surface area contributed by atoms with Crippen molar-refractivity contribution in [3.63, 3.8) is 0 Å². The van der Waals surface area contributed by atoms with Crippen molar-refractivity contribution >= 4 is 43.9 Å². The molecule has 5 heteroatoms. The highest BCUT2D eigenvalue weighted by Gasteiger charge is 2.22. The van der Waals surface area contributed by atoms with E-state index in [1.807, 2.05) is 72.8 Å². The lowest BCUT2D eigenvalue weighted by atomic mass is 9.89. The van der Waals surface area contributed by atoms with E-state index in [4.69, 9.17) is 23.8 Å². The average Bonchev–Trinajstić information content (AvgIpc) is 3.85. The molecule has 0 amide bonds. The van der Waals surface area contributed by atoms with Crippen molar-refractivity contribution in [3.8, 4) is 67.5 Å². The van der Waals surface area contributed by atoms with E-state index >= 15 is 0 Å². The normalized spacial score (nSPS) is 11.6. The number of hydrogen-bond acceptors (Lipinski definition) is 5. The van der Waals surface area contributed by atoms with E-state index in [0.717, 1.165) is 93.9 Å². The van der Waals surface area contributed by atoms with Gasteiger partial charge >= 0.3 is 0 Å². The highest BCUT2D eigenvalue weighted by molar-refractivity contribution is 6.10. The van der Waals surface area contributed by atoms with Crippen molar-refractivity contribution < 1.29 is 8.83 Å². The van der Waals surface area contributed by atoms with Gasteiger partial charge in [0.25, 0.3) is 0 Å². The molecule has 0 atom stereocenters. The second-order valence-electron chi connectivity index (χ2n) is 13.9. The maximum absolute atomic E-state index is 6.54. The largest absolute Gasteiger partial charge is 0.455 e. The molecule has 3 heterocycles. The molecule has 11 aromatic rings. The summed E-state index contributed by atoms with van der Waals surface area (Å²) in [7, 11) is 0. The fraction of sp³-hybridized carbons (Fsp3) is 0. The standard InChI is InChI=1S/C51H31N3O2/c1-3-15-32(16-4-1)34-29-30-41(44(31-34)36-20-8-7-19-35(36)33-17-5-2-6-18-33)49-52-50(42-25-13-23-39-37-21-9-11-27-45(37)55-47(39)42)54-51(53-49)43-26-14-24-40-38-22-10-12-28-46(38)56-48(40)43/h1-31H. The molecule has 56 heavy (non-hydrogen) atoms. The summed E-state index contributed by atoms with van der Waals surface area (Å²) in [5.74, 6) is 1.57. The summed E-state index contributed by atoms with van der Waals surface area (Å²) >= 11 is 0. The summed E-state index contributed by atoms with van der Waals surface area (Å²) in [6.07, 6.45) is 0. The first-order chi connectivity index (χ1) is 27.8. The molecule has 0 aliphatic rings. The zero-order valence-corrected chi connectivity index (χ0v) is 30.1. The van der Waals surface area contributed by atoms with Gasteiger partial charge in [-0.05, 0) is 69.8 Å². The smallest absolute Gasteiger partial charge is 0.167 e. The molecule has 0 bridgehead atoms. The fourth-order valence-electron chi connectivity index (χ4n) is 7.94. The Kier molecular flexibility index (Phi) is 7.42. The molecule has 3 aromatic heterocycles. The number of hydrogen-bond donors (Lipinski definition) is 0. The summed E-state index contributed by atoms with van der Waals surface area (Å²) in [6, 6.07) is 64.6. The zero-order chi connectivity index (χ0) is 37.0. The SMILES string of the molecule is c1ccc(-c2ccc(-c3nc(-c4cccc5c4oc4ccccc45)nc(-c4cccc5c4oc4ccccc45)n3)c(-c3ccccc3-c3ccccc3)c2)cc1. The molecule has 0 spiro atoms. The third-order valence-electron chi connectivity index (χ3n) is 10.6. The minimum Gasteiger partial charge on any atom is -0.455 e. The summed E-state index contributed by atoms with van der Waals surface area (Å²) in [5, 5.41) is 4.10. The Hall–Kier alpha value is -7.63. The molecular weight excluding hydrogens is 687 g/mol. The third kappa shape index (κ3) is 5.29. The van der Waals surface area contributed by atoms with E-state index in [9.17, 15) is 0 Å². The molecule has 5 nitrogen and oxygen atoms in total. The Morgan fingerprint density at radius 3 is 1.30 bits per heavy atom. The molecule has 0 N–H and O–H groups in total. The van der Waals surface area contributed by atoms with Crippen LogP contribution in [-0.2, 0) is 0 Å². The van der Waals surface area contributed by atoms with Crippen LogP contribution < -0.4 is 0 Å². The average molecular weight is 718 g/mol. The number of fused-ring (bicyclic) bond motifs is 6. The van der Waals surface area contributed by atoms with Gasteiger partial charge in [-0.3, -0.25) is 0 Å². The minimum atomic E-state index is 0.511. The summed E-state index contributed by atoms with van der Waals surface area (Å²) < 4.78 is 13.1. The van der Waals surface area contributed by atoms with Crippen molar-refractivity contribution in [1.82, 2.24) is 15.0 Å².